The molecule has 0 radical (unpaired) electrons. The average Bonchev–Trinajstić information content (AvgIpc) is 3.26. The molecule has 4 N–H and O–H groups in total. The van der Waals surface area contributed by atoms with Gasteiger partial charge in [-0.2, -0.15) is 13.7 Å². The Bertz CT molecular complexity index is 1380. The zero-order chi connectivity index (χ0) is 29.2. The monoisotopic (exact) mass is 559 g/mol. The van der Waals surface area contributed by atoms with Crippen LogP contribution in [0.15, 0.2) is 24.4 Å². The van der Waals surface area contributed by atoms with Gasteiger partial charge in [-0.25, -0.2) is 4.98 Å². The van der Waals surface area contributed by atoms with Crippen molar-refractivity contribution < 1.29 is 27.1 Å². The molecule has 12 heteroatoms. The smallest absolute Gasteiger partial charge is 0.370 e. The minimum atomic E-state index is -4.67. The van der Waals surface area contributed by atoms with Crippen LogP contribution in [-0.2, 0) is 15.1 Å². The molecule has 0 saturated carbocycles. The van der Waals surface area contributed by atoms with Gasteiger partial charge in [0.25, 0.3) is 5.91 Å². The van der Waals surface area contributed by atoms with Crippen LogP contribution in [0.4, 0.5) is 5.69 Å². The first-order valence-electron chi connectivity index (χ1n) is 12.7. The van der Waals surface area contributed by atoms with Crippen molar-refractivity contribution in [1.29, 1.82) is 5.26 Å². The van der Waals surface area contributed by atoms with Crippen molar-refractivity contribution in [3.63, 3.8) is 0 Å². The lowest BCUT2D eigenvalue weighted by atomic mass is 9.77. The number of ether oxygens (including phenoxy) is 1. The zero-order valence-electron chi connectivity index (χ0n) is 23.2. The maximum Gasteiger partial charge on any atom is 0.394 e. The van der Waals surface area contributed by atoms with Crippen LogP contribution in [0, 0.1) is 16.7 Å². The molecule has 3 heterocycles. The molecule has 212 valence electrons. The number of rotatable bonds is 4. The van der Waals surface area contributed by atoms with Crippen LogP contribution in [0.2, 0.25) is 0 Å². The van der Waals surface area contributed by atoms with Crippen LogP contribution >= 0.6 is 0 Å². The number of hydrogen-bond acceptors (Lipinski definition) is 7. The summed E-state index contributed by atoms with van der Waals surface area (Å²) in [6, 6.07) is 5.92. The highest BCUT2D eigenvalue weighted by Crippen LogP contribution is 2.44. The van der Waals surface area contributed by atoms with E-state index >= 15 is 0 Å². The molecule has 4 rings (SSSR count). The number of aromatic nitrogens is 3. The zero-order valence-corrected chi connectivity index (χ0v) is 24.0. The predicted molar refractivity (Wildman–Crippen MR) is 146 cm³/mol. The van der Waals surface area contributed by atoms with Crippen LogP contribution < -0.4 is 5.32 Å². The third-order valence-corrected chi connectivity index (χ3v) is 6.80. The van der Waals surface area contributed by atoms with Gasteiger partial charge >= 0.3 is 10.4 Å². The predicted octanol–water partition coefficient (Wildman–Crippen LogP) is 5.32. The van der Waals surface area contributed by atoms with E-state index in [1.807, 2.05) is 18.2 Å². The van der Waals surface area contributed by atoms with Crippen molar-refractivity contribution in [1.82, 2.24) is 15.0 Å². The first-order valence-corrected chi connectivity index (χ1v) is 14.1. The minimum Gasteiger partial charge on any atom is -0.370 e. The molecule has 2 aliphatic rings. The summed E-state index contributed by atoms with van der Waals surface area (Å²) in [6.07, 6.45) is 8.44. The Morgan fingerprint density at radius 3 is 2.26 bits per heavy atom. The third-order valence-electron chi connectivity index (χ3n) is 6.80. The summed E-state index contributed by atoms with van der Waals surface area (Å²) in [5.41, 5.74) is 3.69. The Balaban J connectivity index is 0.000000771. The van der Waals surface area contributed by atoms with E-state index in [9.17, 15) is 4.79 Å². The van der Waals surface area contributed by atoms with E-state index < -0.39 is 10.4 Å². The molecule has 2 aromatic heterocycles. The molecule has 1 amide bonds. The number of H-pyrrole nitrogens is 1. The molecule has 1 aliphatic carbocycles. The fourth-order valence-electron chi connectivity index (χ4n) is 5.32. The summed E-state index contributed by atoms with van der Waals surface area (Å²) in [5, 5.41) is 12.0. The summed E-state index contributed by atoms with van der Waals surface area (Å²) in [7, 11) is -4.67. The number of allylic oxidation sites excluding steroid dienone is 2. The normalized spacial score (nSPS) is 20.1. The quantitative estimate of drug-likeness (QED) is 0.361. The van der Waals surface area contributed by atoms with E-state index in [1.54, 1.807) is 0 Å². The first-order chi connectivity index (χ1) is 17.9. The van der Waals surface area contributed by atoms with Crippen molar-refractivity contribution >= 4 is 27.6 Å². The van der Waals surface area contributed by atoms with Gasteiger partial charge < -0.3 is 15.0 Å². The van der Waals surface area contributed by atoms with Gasteiger partial charge in [-0.1, -0.05) is 19.9 Å². The number of carbonyl (C=O) groups excluding carboxylic acids is 1. The highest BCUT2D eigenvalue weighted by atomic mass is 32.3. The number of nitrogens with one attached hydrogen (secondary N) is 2. The van der Waals surface area contributed by atoms with Crippen LogP contribution in [-0.4, -0.2) is 49.6 Å². The molecule has 1 aliphatic heterocycles. The molecule has 39 heavy (non-hydrogen) atoms. The second kappa shape index (κ2) is 11.2. The Kier molecular flexibility index (Phi) is 8.72. The number of hydrogen-bond donors (Lipinski definition) is 4. The number of nitriles is 1. The Morgan fingerprint density at radius 2 is 1.74 bits per heavy atom. The topological polar surface area (TPSA) is 178 Å². The first kappa shape index (κ1) is 30.4. The van der Waals surface area contributed by atoms with Crippen LogP contribution in [0.25, 0.3) is 5.57 Å². The van der Waals surface area contributed by atoms with E-state index in [4.69, 9.17) is 32.5 Å². The van der Waals surface area contributed by atoms with Crippen LogP contribution in [0.5, 0.6) is 0 Å². The molecule has 1 saturated heterocycles. The molecular weight excluding hydrogens is 522 g/mol. The van der Waals surface area contributed by atoms with Crippen molar-refractivity contribution in [3.05, 3.63) is 47.3 Å². The van der Waals surface area contributed by atoms with Crippen molar-refractivity contribution in [2.75, 3.05) is 5.32 Å². The van der Waals surface area contributed by atoms with Gasteiger partial charge in [0.05, 0.1) is 22.6 Å². The van der Waals surface area contributed by atoms with Crippen LogP contribution in [0.1, 0.15) is 107 Å². The molecule has 1 fully saturated rings. The lowest BCUT2D eigenvalue weighted by Crippen LogP contribution is -2.44. The number of pyridine rings is 1. The average molecular weight is 560 g/mol. The lowest BCUT2D eigenvalue weighted by Gasteiger charge is -2.45. The van der Waals surface area contributed by atoms with Gasteiger partial charge in [-0.15, -0.1) is 0 Å². The summed E-state index contributed by atoms with van der Waals surface area (Å²) in [6.45, 7) is 13.1. The largest absolute Gasteiger partial charge is 0.394 e. The van der Waals surface area contributed by atoms with Crippen molar-refractivity contribution in [3.8, 4) is 6.07 Å². The number of carbonyl (C=O) groups is 1. The molecular formula is C27H37N5O6S. The van der Waals surface area contributed by atoms with E-state index in [0.29, 0.717) is 5.69 Å². The number of aromatic amines is 1. The number of nitrogens with zero attached hydrogens (tertiary/aromatic N) is 3. The molecule has 11 nitrogen and oxygen atoms in total. The standard InChI is InChI=1S/C27H35N5O2.H2O4S/c1-25(2)11-9-17(10-12-25)22-21(32-24(33)23-29-16-19(15-28)30-23)8-7-20(31-22)18-13-26(3,4)34-27(5,6)14-18;1-5(2,3)4/h7-9,16,18H,10-14H2,1-6H3,(H,29,30)(H,32,33);(H2,1,2,3,4). The number of amides is 1. The van der Waals surface area contributed by atoms with Gasteiger partial charge in [0.2, 0.25) is 0 Å². The van der Waals surface area contributed by atoms with Gasteiger partial charge in [0.15, 0.2) is 11.5 Å². The molecule has 2 aromatic rings. The number of imidazole rings is 1. The minimum absolute atomic E-state index is 0.110. The molecule has 0 spiro atoms. The fraction of sp³-hybridized carbons (Fsp3) is 0.556. The van der Waals surface area contributed by atoms with E-state index in [1.165, 1.54) is 11.8 Å². The molecule has 0 bridgehead atoms. The van der Waals surface area contributed by atoms with E-state index in [0.717, 1.165) is 43.5 Å². The maximum absolute atomic E-state index is 12.9. The van der Waals surface area contributed by atoms with Gasteiger partial charge in [0.1, 0.15) is 6.07 Å². The van der Waals surface area contributed by atoms with Gasteiger partial charge in [0, 0.05) is 17.8 Å². The summed E-state index contributed by atoms with van der Waals surface area (Å²) in [5.74, 6) is -0.00761. The Morgan fingerprint density at radius 1 is 1.13 bits per heavy atom. The molecule has 0 atom stereocenters. The fourth-order valence-corrected chi connectivity index (χ4v) is 5.32. The summed E-state index contributed by atoms with van der Waals surface area (Å²) >= 11 is 0. The van der Waals surface area contributed by atoms with Gasteiger partial charge in [-0.3, -0.25) is 18.9 Å². The van der Waals surface area contributed by atoms with E-state index in [2.05, 4.69) is 62.9 Å². The maximum atomic E-state index is 12.9. The Labute approximate surface area is 229 Å². The van der Waals surface area contributed by atoms with Crippen LogP contribution in [0.3, 0.4) is 0 Å². The van der Waals surface area contributed by atoms with Crippen molar-refractivity contribution in [2.24, 2.45) is 5.41 Å². The highest BCUT2D eigenvalue weighted by molar-refractivity contribution is 7.79. The number of anilines is 1. The van der Waals surface area contributed by atoms with E-state index in [-0.39, 0.29) is 40.0 Å². The molecule has 0 unspecified atom stereocenters. The summed E-state index contributed by atoms with van der Waals surface area (Å²) in [4.78, 5) is 24.8. The summed E-state index contributed by atoms with van der Waals surface area (Å²) < 4.78 is 37.9. The van der Waals surface area contributed by atoms with Crippen molar-refractivity contribution in [2.45, 2.75) is 90.8 Å². The second-order valence-corrected chi connectivity index (χ2v) is 13.0. The second-order valence-electron chi connectivity index (χ2n) is 12.1. The SMILES string of the molecule is CC1(C)CC=C(c2nc(C3CC(C)(C)OC(C)(C)C3)ccc2NC(=O)c2nc(C#N)c[nH]2)CC1.O=S(=O)(O)O. The lowest BCUT2D eigenvalue weighted by molar-refractivity contribution is -0.162. The molecule has 0 aromatic carbocycles. The Hall–Kier alpha value is -3.11. The van der Waals surface area contributed by atoms with Gasteiger partial charge in [-0.05, 0) is 82.9 Å². The highest BCUT2D eigenvalue weighted by Gasteiger charge is 2.40. The third kappa shape index (κ3) is 8.96.